The van der Waals surface area contributed by atoms with E-state index in [1.165, 1.54) is 10.5 Å². The summed E-state index contributed by atoms with van der Waals surface area (Å²) in [6.07, 6.45) is 6.32. The summed E-state index contributed by atoms with van der Waals surface area (Å²) < 4.78 is 40.7. The molecule has 1 aliphatic rings. The number of nitrogens with zero attached hydrogens (tertiary/aromatic N) is 4. The Morgan fingerprint density at radius 1 is 1.37 bits per heavy atom. The van der Waals surface area contributed by atoms with Gasteiger partial charge >= 0.3 is 0 Å². The lowest BCUT2D eigenvalue weighted by Crippen LogP contribution is -2.46. The van der Waals surface area contributed by atoms with Crippen LogP contribution in [0.25, 0.3) is 22.4 Å². The Kier molecular flexibility index (Phi) is 5.90. The number of anilines is 1. The monoisotopic (exact) mass is 452 g/mol. The average molecular weight is 453 g/mol. The second-order valence-electron chi connectivity index (χ2n) is 7.30. The van der Waals surface area contributed by atoms with Gasteiger partial charge in [0.2, 0.25) is 10.0 Å². The number of aromatic nitrogens is 4. The summed E-state index contributed by atoms with van der Waals surface area (Å²) in [5.41, 5.74) is 1.28. The highest BCUT2D eigenvalue weighted by Crippen LogP contribution is 2.28. The molecular weight excluding hydrogens is 431 g/mol. The van der Waals surface area contributed by atoms with E-state index in [-0.39, 0.29) is 24.2 Å². The van der Waals surface area contributed by atoms with Crippen molar-refractivity contribution in [3.8, 4) is 11.4 Å². The van der Waals surface area contributed by atoms with Crippen molar-refractivity contribution in [3.63, 3.8) is 0 Å². The van der Waals surface area contributed by atoms with Crippen molar-refractivity contribution in [2.75, 3.05) is 24.2 Å². The van der Waals surface area contributed by atoms with Crippen molar-refractivity contribution in [1.29, 1.82) is 0 Å². The largest absolute Gasteiger partial charge is 0.363 e. The normalized spacial score (nSPS) is 18.0. The van der Waals surface area contributed by atoms with E-state index in [0.717, 1.165) is 18.0 Å². The van der Waals surface area contributed by atoms with E-state index in [2.05, 4.69) is 25.3 Å². The topological polar surface area (TPSA) is 104 Å². The number of hydrogen-bond acceptors (Lipinski definition) is 6. The summed E-state index contributed by atoms with van der Waals surface area (Å²) in [5.74, 6) is -0.115. The Hall–Kier alpha value is -2.30. The molecule has 0 unspecified atom stereocenters. The minimum atomic E-state index is -3.30. The Morgan fingerprint density at radius 2 is 2.20 bits per heavy atom. The highest BCUT2D eigenvalue weighted by molar-refractivity contribution is 7.89. The van der Waals surface area contributed by atoms with E-state index >= 15 is 0 Å². The van der Waals surface area contributed by atoms with E-state index in [1.807, 2.05) is 6.92 Å². The van der Waals surface area contributed by atoms with Crippen LogP contribution in [0, 0.1) is 5.82 Å². The van der Waals surface area contributed by atoms with Crippen LogP contribution in [-0.4, -0.2) is 57.5 Å². The minimum absolute atomic E-state index is 0.0454. The van der Waals surface area contributed by atoms with Gasteiger partial charge in [0.05, 0.1) is 17.0 Å². The molecule has 0 radical (unpaired) electrons. The lowest BCUT2D eigenvalue weighted by Gasteiger charge is -2.32. The van der Waals surface area contributed by atoms with Crippen LogP contribution in [0.4, 0.5) is 10.2 Å². The molecule has 30 heavy (non-hydrogen) atoms. The third kappa shape index (κ3) is 4.26. The zero-order valence-electron chi connectivity index (χ0n) is 16.4. The van der Waals surface area contributed by atoms with Crippen molar-refractivity contribution in [3.05, 3.63) is 35.5 Å². The second-order valence-corrected chi connectivity index (χ2v) is 9.82. The van der Waals surface area contributed by atoms with Crippen LogP contribution in [0.5, 0.6) is 0 Å². The van der Waals surface area contributed by atoms with E-state index < -0.39 is 15.8 Å². The summed E-state index contributed by atoms with van der Waals surface area (Å²) in [5, 5.41) is 4.27. The van der Waals surface area contributed by atoms with Crippen LogP contribution < -0.4 is 5.32 Å². The molecule has 1 aliphatic heterocycles. The molecule has 8 nitrogen and oxygen atoms in total. The standard InChI is InChI=1S/C19H22ClFN6O2S/c1-2-6-30(28,29)27-5-3-4-13(11-27)25-19-16(21)10-24-18(26-19)15-9-23-17-14(15)7-12(20)8-22-17/h7-10,13H,2-6,11H2,1H3,(H,22,23)(H,24,25,26)/t13-/m0/s1. The number of halogens is 2. The number of H-pyrrole nitrogens is 1. The predicted octanol–water partition coefficient (Wildman–Crippen LogP) is 3.43. The molecule has 0 saturated carbocycles. The van der Waals surface area contributed by atoms with Crippen LogP contribution in [0.3, 0.4) is 0 Å². The molecule has 2 N–H and O–H groups in total. The van der Waals surface area contributed by atoms with Gasteiger partial charge in [-0.05, 0) is 25.3 Å². The first-order valence-corrected chi connectivity index (χ1v) is 11.8. The Labute approximate surface area is 178 Å². The molecule has 3 aromatic rings. The molecule has 160 valence electrons. The third-order valence-corrected chi connectivity index (χ3v) is 7.31. The summed E-state index contributed by atoms with van der Waals surface area (Å²) in [6, 6.07) is 1.51. The molecule has 1 fully saturated rings. The summed E-state index contributed by atoms with van der Waals surface area (Å²) in [6.45, 7) is 2.61. The molecular formula is C19H22ClFN6O2S. The maximum atomic E-state index is 14.4. The van der Waals surface area contributed by atoms with Crippen LogP contribution in [0.15, 0.2) is 24.7 Å². The first-order chi connectivity index (χ1) is 14.4. The predicted molar refractivity (Wildman–Crippen MR) is 114 cm³/mol. The SMILES string of the molecule is CCCS(=O)(=O)N1CCC[C@H](Nc2nc(-c3c[nH]c4ncc(Cl)cc34)ncc2F)C1. The van der Waals surface area contributed by atoms with E-state index in [0.29, 0.717) is 41.4 Å². The first kappa shape index (κ1) is 21.0. The average Bonchev–Trinajstić information content (AvgIpc) is 3.13. The highest BCUT2D eigenvalue weighted by Gasteiger charge is 2.29. The quantitative estimate of drug-likeness (QED) is 0.593. The first-order valence-electron chi connectivity index (χ1n) is 9.77. The zero-order valence-corrected chi connectivity index (χ0v) is 18.0. The van der Waals surface area contributed by atoms with Crippen molar-refractivity contribution in [2.24, 2.45) is 0 Å². The summed E-state index contributed by atoms with van der Waals surface area (Å²) >= 11 is 6.05. The summed E-state index contributed by atoms with van der Waals surface area (Å²) in [4.78, 5) is 15.7. The van der Waals surface area contributed by atoms with Gasteiger partial charge in [0.15, 0.2) is 17.5 Å². The molecule has 0 aliphatic carbocycles. The molecule has 0 bridgehead atoms. The van der Waals surface area contributed by atoms with Gasteiger partial charge in [0, 0.05) is 42.5 Å². The number of fused-ring (bicyclic) bond motifs is 1. The van der Waals surface area contributed by atoms with Crippen LogP contribution in [0.2, 0.25) is 5.02 Å². The second kappa shape index (κ2) is 8.44. The van der Waals surface area contributed by atoms with Gasteiger partial charge in [-0.2, -0.15) is 4.31 Å². The van der Waals surface area contributed by atoms with Crippen LogP contribution >= 0.6 is 11.6 Å². The van der Waals surface area contributed by atoms with Crippen molar-refractivity contribution in [2.45, 2.75) is 32.2 Å². The van der Waals surface area contributed by atoms with Gasteiger partial charge in [-0.1, -0.05) is 18.5 Å². The van der Waals surface area contributed by atoms with Crippen LogP contribution in [0.1, 0.15) is 26.2 Å². The van der Waals surface area contributed by atoms with Crippen molar-refractivity contribution >= 4 is 38.5 Å². The maximum absolute atomic E-state index is 14.4. The minimum Gasteiger partial charge on any atom is -0.363 e. The Bertz CT molecular complexity index is 1170. The summed E-state index contributed by atoms with van der Waals surface area (Å²) in [7, 11) is -3.30. The molecule has 1 saturated heterocycles. The fraction of sp³-hybridized carbons (Fsp3) is 0.421. The molecule has 4 rings (SSSR count). The number of hydrogen-bond donors (Lipinski definition) is 2. The zero-order chi connectivity index (χ0) is 21.3. The van der Waals surface area contributed by atoms with Gasteiger partial charge in [0.1, 0.15) is 5.65 Å². The molecule has 3 aromatic heterocycles. The molecule has 0 aromatic carbocycles. The molecule has 0 amide bonds. The van der Waals surface area contributed by atoms with Crippen molar-refractivity contribution in [1.82, 2.24) is 24.2 Å². The lowest BCUT2D eigenvalue weighted by molar-refractivity contribution is 0.326. The maximum Gasteiger partial charge on any atom is 0.214 e. The number of piperidine rings is 1. The van der Waals surface area contributed by atoms with Crippen LogP contribution in [-0.2, 0) is 10.0 Å². The van der Waals surface area contributed by atoms with Gasteiger partial charge in [0.25, 0.3) is 0 Å². The van der Waals surface area contributed by atoms with Gasteiger partial charge < -0.3 is 10.3 Å². The van der Waals surface area contributed by atoms with Crippen molar-refractivity contribution < 1.29 is 12.8 Å². The molecule has 1 atom stereocenters. The van der Waals surface area contributed by atoms with E-state index in [1.54, 1.807) is 12.3 Å². The number of rotatable bonds is 6. The third-order valence-electron chi connectivity index (χ3n) is 5.06. The van der Waals surface area contributed by atoms with Gasteiger partial charge in [-0.3, -0.25) is 0 Å². The Balaban J connectivity index is 1.59. The van der Waals surface area contributed by atoms with Gasteiger partial charge in [-0.25, -0.2) is 27.8 Å². The fourth-order valence-electron chi connectivity index (χ4n) is 3.65. The molecule has 0 spiro atoms. The number of pyridine rings is 1. The molecule has 4 heterocycles. The number of aromatic amines is 1. The van der Waals surface area contributed by atoms with E-state index in [4.69, 9.17) is 11.6 Å². The van der Waals surface area contributed by atoms with Gasteiger partial charge in [-0.15, -0.1) is 0 Å². The number of sulfonamides is 1. The van der Waals surface area contributed by atoms with E-state index in [9.17, 15) is 12.8 Å². The highest BCUT2D eigenvalue weighted by atomic mass is 35.5. The fourth-order valence-corrected chi connectivity index (χ4v) is 5.40. The number of nitrogens with one attached hydrogen (secondary N) is 2. The smallest absolute Gasteiger partial charge is 0.214 e. The molecule has 11 heteroatoms. The lowest BCUT2D eigenvalue weighted by atomic mass is 10.1. The Morgan fingerprint density at radius 3 is 3.00 bits per heavy atom.